The van der Waals surface area contributed by atoms with Gasteiger partial charge in [-0.05, 0) is 67.5 Å². The second-order valence-corrected chi connectivity index (χ2v) is 12.0. The second-order valence-electron chi connectivity index (χ2n) is 11.1. The molecular formula is C31H34Cl2FNO10. The highest BCUT2D eigenvalue weighted by Gasteiger charge is 2.53. The molecule has 1 saturated carbocycles. The second kappa shape index (κ2) is 14.3. The van der Waals surface area contributed by atoms with Crippen molar-refractivity contribution in [3.8, 4) is 11.5 Å². The van der Waals surface area contributed by atoms with Crippen LogP contribution < -0.4 is 14.8 Å². The van der Waals surface area contributed by atoms with Crippen molar-refractivity contribution in [1.29, 1.82) is 0 Å². The fourth-order valence-corrected chi connectivity index (χ4v) is 5.93. The number of nitrogens with one attached hydrogen (secondary N) is 1. The minimum absolute atomic E-state index is 0.104. The fraction of sp³-hybridized carbons (Fsp3) is 0.452. The number of amides is 1. The third-order valence-electron chi connectivity index (χ3n) is 7.93. The zero-order valence-electron chi connectivity index (χ0n) is 24.3. The van der Waals surface area contributed by atoms with Crippen molar-refractivity contribution in [1.82, 2.24) is 5.32 Å². The van der Waals surface area contributed by atoms with E-state index in [4.69, 9.17) is 46.9 Å². The molecule has 11 nitrogen and oxygen atoms in total. The fourth-order valence-electron chi connectivity index (χ4n) is 5.47. The van der Waals surface area contributed by atoms with E-state index in [-0.39, 0.29) is 31.1 Å². The number of halogens is 3. The Bertz CT molecular complexity index is 1460. The van der Waals surface area contributed by atoms with Crippen LogP contribution in [-0.4, -0.2) is 94.8 Å². The molecule has 0 aromatic heterocycles. The van der Waals surface area contributed by atoms with Gasteiger partial charge in [-0.3, -0.25) is 4.79 Å². The molecule has 0 spiro atoms. The van der Waals surface area contributed by atoms with Gasteiger partial charge in [-0.2, -0.15) is 0 Å². The van der Waals surface area contributed by atoms with Crippen molar-refractivity contribution >= 4 is 35.2 Å². The zero-order chi connectivity index (χ0) is 32.4. The highest BCUT2D eigenvalue weighted by molar-refractivity contribution is 6.35. The van der Waals surface area contributed by atoms with Crippen molar-refractivity contribution in [2.75, 3.05) is 13.4 Å². The van der Waals surface area contributed by atoms with Gasteiger partial charge in [0.05, 0.1) is 17.2 Å². The minimum Gasteiger partial charge on any atom is -0.488 e. The van der Waals surface area contributed by atoms with Crippen LogP contribution in [0.5, 0.6) is 11.5 Å². The Labute approximate surface area is 268 Å². The molecule has 244 valence electrons. The summed E-state index contributed by atoms with van der Waals surface area (Å²) in [6.07, 6.45) is -5.24. The lowest BCUT2D eigenvalue weighted by Crippen LogP contribution is -2.67. The molecule has 45 heavy (non-hydrogen) atoms. The Kier molecular flexibility index (Phi) is 10.7. The largest absolute Gasteiger partial charge is 0.488 e. The topological polar surface area (TPSA) is 156 Å². The van der Waals surface area contributed by atoms with E-state index in [2.05, 4.69) is 5.32 Å². The van der Waals surface area contributed by atoms with Crippen molar-refractivity contribution in [3.63, 3.8) is 0 Å². The summed E-state index contributed by atoms with van der Waals surface area (Å²) >= 11 is 12.0. The van der Waals surface area contributed by atoms with Gasteiger partial charge < -0.3 is 49.4 Å². The van der Waals surface area contributed by atoms with Crippen LogP contribution in [0.2, 0.25) is 10.0 Å². The van der Waals surface area contributed by atoms with Gasteiger partial charge in [0, 0.05) is 17.0 Å². The molecule has 3 fully saturated rings. The van der Waals surface area contributed by atoms with Crippen molar-refractivity contribution in [2.24, 2.45) is 0 Å². The molecule has 9 atom stereocenters. The first kappa shape index (κ1) is 33.6. The lowest BCUT2D eigenvalue weighted by Gasteiger charge is -2.41. The summed E-state index contributed by atoms with van der Waals surface area (Å²) in [7, 11) is 0. The number of hydrogen-bond donors (Lipinski definition) is 5. The van der Waals surface area contributed by atoms with E-state index in [0.29, 0.717) is 26.9 Å². The van der Waals surface area contributed by atoms with E-state index < -0.39 is 66.8 Å². The molecule has 2 aromatic rings. The molecule has 1 aliphatic carbocycles. The van der Waals surface area contributed by atoms with Crippen LogP contribution in [0, 0.1) is 5.82 Å². The van der Waals surface area contributed by atoms with Crippen LogP contribution in [-0.2, 0) is 19.0 Å². The number of ether oxygens (including phenoxy) is 5. The Morgan fingerprint density at radius 2 is 1.73 bits per heavy atom. The monoisotopic (exact) mass is 669 g/mol. The average molecular weight is 671 g/mol. The molecule has 5 N–H and O–H groups in total. The summed E-state index contributed by atoms with van der Waals surface area (Å²) in [4.78, 5) is 12.8. The lowest BCUT2D eigenvalue weighted by molar-refractivity contribution is -0.155. The van der Waals surface area contributed by atoms with Crippen LogP contribution in [0.25, 0.3) is 6.08 Å². The van der Waals surface area contributed by atoms with Gasteiger partial charge in [0.25, 0.3) is 0 Å². The van der Waals surface area contributed by atoms with Crippen LogP contribution >= 0.6 is 23.2 Å². The molecule has 14 heteroatoms. The van der Waals surface area contributed by atoms with E-state index >= 15 is 0 Å². The Morgan fingerprint density at radius 1 is 1.02 bits per heavy atom. The molecule has 2 saturated heterocycles. The van der Waals surface area contributed by atoms with E-state index in [0.717, 1.165) is 0 Å². The third kappa shape index (κ3) is 7.62. The first-order chi connectivity index (χ1) is 21.4. The van der Waals surface area contributed by atoms with Gasteiger partial charge in [0.15, 0.2) is 11.6 Å². The van der Waals surface area contributed by atoms with Gasteiger partial charge in [-0.1, -0.05) is 29.3 Å². The molecule has 0 bridgehead atoms. The quantitative estimate of drug-likeness (QED) is 0.199. The Morgan fingerprint density at radius 3 is 2.44 bits per heavy atom. The summed E-state index contributed by atoms with van der Waals surface area (Å²) < 4.78 is 42.7. The number of hydrogen-bond acceptors (Lipinski definition) is 10. The number of aliphatic hydroxyl groups is 4. The van der Waals surface area contributed by atoms with E-state index in [9.17, 15) is 29.6 Å². The molecule has 2 aromatic carbocycles. The van der Waals surface area contributed by atoms with Gasteiger partial charge in [0.2, 0.25) is 12.2 Å². The van der Waals surface area contributed by atoms with Crippen molar-refractivity contribution in [3.05, 3.63) is 75.0 Å². The summed E-state index contributed by atoms with van der Waals surface area (Å²) in [5.41, 5.74) is 1.19. The molecule has 1 amide bonds. The first-order valence-corrected chi connectivity index (χ1v) is 15.0. The van der Waals surface area contributed by atoms with Gasteiger partial charge in [-0.25, -0.2) is 4.39 Å². The zero-order valence-corrected chi connectivity index (χ0v) is 25.8. The average Bonchev–Trinajstić information content (AvgIpc) is 3.63. The van der Waals surface area contributed by atoms with Crippen LogP contribution in [0.3, 0.4) is 0 Å². The summed E-state index contributed by atoms with van der Waals surface area (Å²) in [5.74, 6) is -1.01. The standard InChI is InChI=1S/C31H34Cl2FNO10/c1-14(7-8-41-21-6-4-17(32)11-18(21)33)28-20(36)12-23(45-28)44-22-5-3-16(10-19(22)34)9-15(2)31(40)35-24-25(37)27(39)30-29(26(24)38)42-13-43-30/h3-7,9-11,20,23-30,36-39H,8,12-13H2,1-2H3,(H,35,40)/b14-7+,15-9+/t20-,23-,24-,25?,26-,27?,28-,29+,30?/m1/s1. The predicted octanol–water partition coefficient (Wildman–Crippen LogP) is 2.74. The number of carbonyl (C=O) groups excluding carboxylic acids is 1. The van der Waals surface area contributed by atoms with Gasteiger partial charge in [-0.15, -0.1) is 0 Å². The first-order valence-electron chi connectivity index (χ1n) is 14.2. The number of carbonyl (C=O) groups is 1. The highest BCUT2D eigenvalue weighted by atomic mass is 35.5. The predicted molar refractivity (Wildman–Crippen MR) is 160 cm³/mol. The summed E-state index contributed by atoms with van der Waals surface area (Å²) in [5, 5.41) is 45.2. The van der Waals surface area contributed by atoms with Crippen LogP contribution in [0.4, 0.5) is 4.39 Å². The number of rotatable bonds is 9. The van der Waals surface area contributed by atoms with Gasteiger partial charge >= 0.3 is 0 Å². The summed E-state index contributed by atoms with van der Waals surface area (Å²) in [6, 6.07) is 7.74. The SMILES string of the molecule is C/C(=C\c1ccc(O[C@H]2C[C@@H](O)[C@@H](/C(C)=C/COc3ccc(Cl)cc3Cl)O2)c(F)c1)C(=O)N[C@@H]1C(O)C(O)C2OCO[C@H]2[C@@H]1O. The van der Waals surface area contributed by atoms with E-state index in [1.165, 1.54) is 31.2 Å². The van der Waals surface area contributed by atoms with E-state index in [1.807, 2.05) is 0 Å². The van der Waals surface area contributed by atoms with Crippen molar-refractivity contribution in [2.45, 2.75) is 75.3 Å². The number of benzene rings is 2. The molecule has 2 heterocycles. The maximum Gasteiger partial charge on any atom is 0.247 e. The normalized spacial score (nSPS) is 31.9. The molecule has 3 aliphatic rings. The lowest BCUT2D eigenvalue weighted by atomic mass is 9.83. The minimum atomic E-state index is -1.49. The number of fused-ring (bicyclic) bond motifs is 1. The Balaban J connectivity index is 1.15. The highest BCUT2D eigenvalue weighted by Crippen LogP contribution is 2.32. The molecule has 3 unspecified atom stereocenters. The van der Waals surface area contributed by atoms with Gasteiger partial charge in [0.1, 0.15) is 55.8 Å². The van der Waals surface area contributed by atoms with Crippen molar-refractivity contribution < 1.29 is 53.3 Å². The molecular weight excluding hydrogens is 636 g/mol. The van der Waals surface area contributed by atoms with Crippen LogP contribution in [0.1, 0.15) is 25.8 Å². The smallest absolute Gasteiger partial charge is 0.247 e. The maximum atomic E-state index is 15.0. The maximum absolute atomic E-state index is 15.0. The molecule has 5 rings (SSSR count). The molecule has 0 radical (unpaired) electrons. The summed E-state index contributed by atoms with van der Waals surface area (Å²) in [6.45, 7) is 3.27. The van der Waals surface area contributed by atoms with Crippen LogP contribution in [0.15, 0.2) is 53.6 Å². The molecule has 2 aliphatic heterocycles. The number of aliphatic hydroxyl groups excluding tert-OH is 4. The van der Waals surface area contributed by atoms with E-state index in [1.54, 1.807) is 31.2 Å². The third-order valence-corrected chi connectivity index (χ3v) is 8.46. The Hall–Kier alpha value is -2.78.